The number of para-hydroxylation sites is 1. The molecule has 6 nitrogen and oxygen atoms in total. The molecule has 0 N–H and O–H groups in total. The predicted molar refractivity (Wildman–Crippen MR) is 57.9 cm³/mol. The molecule has 0 amide bonds. The van der Waals surface area contributed by atoms with Crippen molar-refractivity contribution in [2.24, 2.45) is 0 Å². The fraction of sp³-hybridized carbons (Fsp3) is 0.333. The van der Waals surface area contributed by atoms with Crippen LogP contribution in [-0.4, -0.2) is 19.6 Å². The molecule has 88 valence electrons. The lowest BCUT2D eigenvalue weighted by molar-refractivity contribution is -0.385. The van der Waals surface area contributed by atoms with Crippen molar-refractivity contribution in [1.29, 1.82) is 0 Å². The Kier molecular flexibility index (Phi) is 3.48. The summed E-state index contributed by atoms with van der Waals surface area (Å²) in [6, 6.07) is 4.29. The number of nitrogens with zero attached hydrogens (tertiary/aromatic N) is 1. The van der Waals surface area contributed by atoms with Crippen LogP contribution in [-0.2, 0) is 16.5 Å². The van der Waals surface area contributed by atoms with Crippen molar-refractivity contribution in [3.63, 3.8) is 0 Å². The number of nitro benzene ring substituents is 1. The molecule has 0 fully saturated rings. The Morgan fingerprint density at radius 2 is 2.06 bits per heavy atom. The van der Waals surface area contributed by atoms with Gasteiger partial charge in [0.05, 0.1) is 11.2 Å². The van der Waals surface area contributed by atoms with Gasteiger partial charge in [0, 0.05) is 11.6 Å². The molecule has 0 heterocycles. The van der Waals surface area contributed by atoms with E-state index < -0.39 is 15.0 Å². The van der Waals surface area contributed by atoms with Crippen LogP contribution in [0.3, 0.4) is 0 Å². The minimum Gasteiger partial charge on any atom is -0.375 e. The van der Waals surface area contributed by atoms with E-state index in [0.29, 0.717) is 12.0 Å². The zero-order valence-corrected chi connectivity index (χ0v) is 9.65. The first kappa shape index (κ1) is 12.4. The van der Waals surface area contributed by atoms with E-state index in [1.54, 1.807) is 13.0 Å². The third-order valence-electron chi connectivity index (χ3n) is 1.89. The topological polar surface area (TPSA) is 86.5 Å². The van der Waals surface area contributed by atoms with Gasteiger partial charge in [0.2, 0.25) is 5.75 Å². The van der Waals surface area contributed by atoms with Crippen molar-refractivity contribution in [2.45, 2.75) is 13.3 Å². The van der Waals surface area contributed by atoms with E-state index in [0.717, 1.165) is 6.26 Å². The highest BCUT2D eigenvalue weighted by Crippen LogP contribution is 2.32. The molecule has 0 bridgehead atoms. The molecular weight excluding hydrogens is 234 g/mol. The second-order valence-corrected chi connectivity index (χ2v) is 4.74. The zero-order chi connectivity index (χ0) is 12.3. The van der Waals surface area contributed by atoms with Crippen LogP contribution in [0.25, 0.3) is 0 Å². The molecule has 0 atom stereocenters. The fourth-order valence-electron chi connectivity index (χ4n) is 1.24. The lowest BCUT2D eigenvalue weighted by Crippen LogP contribution is -2.09. The van der Waals surface area contributed by atoms with Gasteiger partial charge in [-0.05, 0) is 6.42 Å². The lowest BCUT2D eigenvalue weighted by atomic mass is 10.1. The van der Waals surface area contributed by atoms with Crippen molar-refractivity contribution in [3.8, 4) is 5.75 Å². The van der Waals surface area contributed by atoms with Gasteiger partial charge in [0.15, 0.2) is 0 Å². The molecule has 0 saturated carbocycles. The number of hydrogen-bond donors (Lipinski definition) is 0. The number of rotatable bonds is 4. The average Bonchev–Trinajstić information content (AvgIpc) is 2.15. The molecule has 0 aliphatic carbocycles. The third kappa shape index (κ3) is 2.93. The molecule has 0 radical (unpaired) electrons. The van der Waals surface area contributed by atoms with Crippen LogP contribution < -0.4 is 4.18 Å². The maximum atomic E-state index is 11.0. The molecule has 1 aromatic rings. The SMILES string of the molecule is CCc1cccc([N+](=O)[O-])c1OS(C)(=O)=O. The van der Waals surface area contributed by atoms with Crippen LogP contribution in [0, 0.1) is 10.1 Å². The minimum absolute atomic E-state index is 0.197. The summed E-state index contributed by atoms with van der Waals surface area (Å²) in [6.45, 7) is 1.76. The molecule has 0 aliphatic heterocycles. The number of benzene rings is 1. The van der Waals surface area contributed by atoms with Crippen LogP contribution in [0.15, 0.2) is 18.2 Å². The van der Waals surface area contributed by atoms with Gasteiger partial charge in [-0.1, -0.05) is 19.1 Å². The van der Waals surface area contributed by atoms with E-state index in [1.165, 1.54) is 12.1 Å². The number of nitro groups is 1. The van der Waals surface area contributed by atoms with Gasteiger partial charge in [-0.15, -0.1) is 0 Å². The first-order valence-corrected chi connectivity index (χ1v) is 6.32. The monoisotopic (exact) mass is 245 g/mol. The number of aryl methyl sites for hydroxylation is 1. The molecule has 0 unspecified atom stereocenters. The summed E-state index contributed by atoms with van der Waals surface area (Å²) >= 11 is 0. The van der Waals surface area contributed by atoms with Crippen molar-refractivity contribution >= 4 is 15.8 Å². The van der Waals surface area contributed by atoms with Crippen molar-refractivity contribution in [1.82, 2.24) is 0 Å². The Balaban J connectivity index is 3.36. The summed E-state index contributed by atoms with van der Waals surface area (Å²) < 4.78 is 26.6. The highest BCUT2D eigenvalue weighted by Gasteiger charge is 2.21. The summed E-state index contributed by atoms with van der Waals surface area (Å²) in [4.78, 5) is 10.0. The molecule has 1 rings (SSSR count). The Hall–Kier alpha value is -1.63. The molecular formula is C9H11NO5S. The zero-order valence-electron chi connectivity index (χ0n) is 8.84. The minimum atomic E-state index is -3.77. The third-order valence-corrected chi connectivity index (χ3v) is 2.36. The van der Waals surface area contributed by atoms with Crippen LogP contribution in [0.2, 0.25) is 0 Å². The fourth-order valence-corrected chi connectivity index (χ4v) is 1.74. The van der Waals surface area contributed by atoms with Gasteiger partial charge in [-0.2, -0.15) is 8.42 Å². The molecule has 0 aromatic heterocycles. The molecule has 7 heteroatoms. The normalized spacial score (nSPS) is 11.1. The van der Waals surface area contributed by atoms with Crippen LogP contribution in [0.1, 0.15) is 12.5 Å². The summed E-state index contributed by atoms with van der Waals surface area (Å²) in [5, 5.41) is 10.7. The van der Waals surface area contributed by atoms with E-state index >= 15 is 0 Å². The second-order valence-electron chi connectivity index (χ2n) is 3.16. The molecule has 1 aromatic carbocycles. The smallest absolute Gasteiger partial charge is 0.312 e. The van der Waals surface area contributed by atoms with E-state index in [1.807, 2.05) is 0 Å². The van der Waals surface area contributed by atoms with Gasteiger partial charge in [0.1, 0.15) is 0 Å². The highest BCUT2D eigenvalue weighted by atomic mass is 32.2. The standard InChI is InChI=1S/C9H11NO5S/c1-3-7-5-4-6-8(10(11)12)9(7)15-16(2,13)14/h4-6H,3H2,1-2H3. The second kappa shape index (κ2) is 4.48. The van der Waals surface area contributed by atoms with Crippen molar-refractivity contribution in [2.75, 3.05) is 6.26 Å². The van der Waals surface area contributed by atoms with Gasteiger partial charge in [0.25, 0.3) is 0 Å². The van der Waals surface area contributed by atoms with Gasteiger partial charge in [-0.25, -0.2) is 0 Å². The van der Waals surface area contributed by atoms with E-state index in [4.69, 9.17) is 0 Å². The van der Waals surface area contributed by atoms with E-state index in [2.05, 4.69) is 4.18 Å². The Labute approximate surface area is 93.1 Å². The van der Waals surface area contributed by atoms with Crippen LogP contribution >= 0.6 is 0 Å². The molecule has 0 aliphatic rings. The largest absolute Gasteiger partial charge is 0.375 e. The first-order chi connectivity index (χ1) is 7.35. The highest BCUT2D eigenvalue weighted by molar-refractivity contribution is 7.86. The van der Waals surface area contributed by atoms with E-state index in [9.17, 15) is 18.5 Å². The Bertz CT molecular complexity index is 509. The van der Waals surface area contributed by atoms with Crippen molar-refractivity contribution in [3.05, 3.63) is 33.9 Å². The maximum Gasteiger partial charge on any atom is 0.312 e. The van der Waals surface area contributed by atoms with E-state index in [-0.39, 0.29) is 11.4 Å². The maximum absolute atomic E-state index is 11.0. The van der Waals surface area contributed by atoms with Gasteiger partial charge < -0.3 is 4.18 Å². The summed E-state index contributed by atoms with van der Waals surface area (Å²) in [6.07, 6.45) is 1.30. The van der Waals surface area contributed by atoms with Crippen LogP contribution in [0.5, 0.6) is 5.75 Å². The van der Waals surface area contributed by atoms with Crippen LogP contribution in [0.4, 0.5) is 5.69 Å². The molecule has 0 saturated heterocycles. The van der Waals surface area contributed by atoms with Crippen molar-refractivity contribution < 1.29 is 17.5 Å². The summed E-state index contributed by atoms with van der Waals surface area (Å²) in [7, 11) is -3.77. The Morgan fingerprint density at radius 3 is 2.50 bits per heavy atom. The quantitative estimate of drug-likeness (QED) is 0.455. The number of hydrogen-bond acceptors (Lipinski definition) is 5. The summed E-state index contributed by atoms with van der Waals surface area (Å²) in [5.41, 5.74) is 0.143. The predicted octanol–water partition coefficient (Wildman–Crippen LogP) is 1.50. The lowest BCUT2D eigenvalue weighted by Gasteiger charge is -2.07. The Morgan fingerprint density at radius 1 is 1.44 bits per heavy atom. The average molecular weight is 245 g/mol. The van der Waals surface area contributed by atoms with Gasteiger partial charge in [-0.3, -0.25) is 10.1 Å². The van der Waals surface area contributed by atoms with Gasteiger partial charge >= 0.3 is 15.8 Å². The molecule has 16 heavy (non-hydrogen) atoms. The molecule has 0 spiro atoms. The summed E-state index contributed by atoms with van der Waals surface area (Å²) in [5.74, 6) is -0.197. The first-order valence-electron chi connectivity index (χ1n) is 4.51.